The molecule has 0 spiro atoms. The number of aromatic hydroxyl groups is 1. The molecule has 0 bridgehead atoms. The van der Waals surface area contributed by atoms with Gasteiger partial charge in [0.05, 0.1) is 18.9 Å². The van der Waals surface area contributed by atoms with Crippen LogP contribution in [-0.4, -0.2) is 30.3 Å². The summed E-state index contributed by atoms with van der Waals surface area (Å²) in [7, 11) is 1.48. The van der Waals surface area contributed by atoms with E-state index in [9.17, 15) is 14.7 Å². The molecule has 0 radical (unpaired) electrons. The van der Waals surface area contributed by atoms with Crippen LogP contribution >= 0.6 is 0 Å². The average molecular weight is 531 g/mol. The highest BCUT2D eigenvalue weighted by molar-refractivity contribution is 5.91. The normalized spacial score (nSPS) is 11.9. The van der Waals surface area contributed by atoms with Crippen molar-refractivity contribution in [2.24, 2.45) is 5.10 Å². The molecule has 3 aromatic rings. The highest BCUT2D eigenvalue weighted by Crippen LogP contribution is 2.40. The van der Waals surface area contributed by atoms with Crippen LogP contribution in [0, 0.1) is 0 Å². The molecule has 0 saturated carbocycles. The van der Waals surface area contributed by atoms with E-state index in [0.717, 1.165) is 16.7 Å². The van der Waals surface area contributed by atoms with Crippen LogP contribution in [0.3, 0.4) is 0 Å². The van der Waals surface area contributed by atoms with Crippen molar-refractivity contribution in [3.63, 3.8) is 0 Å². The lowest BCUT2D eigenvalue weighted by molar-refractivity contribution is -0.121. The molecule has 0 aliphatic heterocycles. The molecular weight excluding hydrogens is 492 g/mol. The first-order valence-corrected chi connectivity index (χ1v) is 12.9. The second-order valence-corrected chi connectivity index (χ2v) is 11.5. The van der Waals surface area contributed by atoms with Crippen LogP contribution in [0.2, 0.25) is 0 Å². The summed E-state index contributed by atoms with van der Waals surface area (Å²) in [6.07, 6.45) is 2.26. The predicted octanol–water partition coefficient (Wildman–Crippen LogP) is 6.30. The Morgan fingerprint density at radius 1 is 0.897 bits per heavy atom. The first kappa shape index (κ1) is 29.4. The van der Waals surface area contributed by atoms with Gasteiger partial charge in [-0.15, -0.1) is 0 Å². The molecule has 206 valence electrons. The number of hydrazone groups is 1. The van der Waals surface area contributed by atoms with Crippen LogP contribution in [0.25, 0.3) is 0 Å². The minimum absolute atomic E-state index is 0.227. The topological polar surface area (TPSA) is 97.2 Å². The van der Waals surface area contributed by atoms with Gasteiger partial charge in [-0.25, -0.2) is 10.2 Å². The second kappa shape index (κ2) is 12.2. The third-order valence-electron chi connectivity index (χ3n) is 6.23. The molecule has 0 fully saturated rings. The standard InChI is InChI=1S/C32H38N2O5/c1-31(2,3)24-17-21(18-25(29(24)36)32(4,5)6)14-16-28(35)34-33-20-22-13-15-26(27(19-22)38-7)39-30(37)23-11-9-8-10-12-23/h8-13,15,17-20,36H,14,16H2,1-7H3,(H,34,35)/b33-20-. The number of nitrogens with zero attached hydrogens (tertiary/aromatic N) is 1. The number of carbonyl (C=O) groups excluding carboxylic acids is 2. The lowest BCUT2D eigenvalue weighted by Crippen LogP contribution is -2.20. The van der Waals surface area contributed by atoms with E-state index in [1.165, 1.54) is 13.3 Å². The minimum atomic E-state index is -0.486. The van der Waals surface area contributed by atoms with Crippen molar-refractivity contribution in [3.8, 4) is 17.2 Å². The molecule has 0 heterocycles. The van der Waals surface area contributed by atoms with Crippen LogP contribution in [0.4, 0.5) is 0 Å². The summed E-state index contributed by atoms with van der Waals surface area (Å²) in [6, 6.07) is 17.7. The molecule has 7 heteroatoms. The van der Waals surface area contributed by atoms with Gasteiger partial charge in [-0.2, -0.15) is 5.10 Å². The molecule has 3 aromatic carbocycles. The van der Waals surface area contributed by atoms with Gasteiger partial charge in [-0.3, -0.25) is 4.79 Å². The Kier molecular flexibility index (Phi) is 9.17. The number of hydrogen-bond donors (Lipinski definition) is 2. The zero-order valence-corrected chi connectivity index (χ0v) is 23.8. The van der Waals surface area contributed by atoms with Crippen LogP contribution in [0.15, 0.2) is 65.8 Å². The number of aryl methyl sites for hydroxylation is 1. The van der Waals surface area contributed by atoms with E-state index in [-0.39, 0.29) is 28.9 Å². The Morgan fingerprint density at radius 2 is 1.51 bits per heavy atom. The lowest BCUT2D eigenvalue weighted by Gasteiger charge is -2.28. The quantitative estimate of drug-likeness (QED) is 0.154. The molecule has 7 nitrogen and oxygen atoms in total. The van der Waals surface area contributed by atoms with Gasteiger partial charge in [0.25, 0.3) is 0 Å². The highest BCUT2D eigenvalue weighted by Gasteiger charge is 2.26. The van der Waals surface area contributed by atoms with Crippen molar-refractivity contribution < 1.29 is 24.2 Å². The highest BCUT2D eigenvalue weighted by atomic mass is 16.6. The molecule has 3 rings (SSSR count). The fourth-order valence-corrected chi connectivity index (χ4v) is 4.06. The Balaban J connectivity index is 1.64. The number of ether oxygens (including phenoxy) is 2. The van der Waals surface area contributed by atoms with Gasteiger partial charge >= 0.3 is 5.97 Å². The molecule has 39 heavy (non-hydrogen) atoms. The molecular formula is C32H38N2O5. The van der Waals surface area contributed by atoms with E-state index in [1.807, 2.05) is 18.2 Å². The summed E-state index contributed by atoms with van der Waals surface area (Å²) in [6.45, 7) is 12.4. The molecule has 0 aromatic heterocycles. The monoisotopic (exact) mass is 530 g/mol. The van der Waals surface area contributed by atoms with Crippen molar-refractivity contribution in [1.82, 2.24) is 5.43 Å². The minimum Gasteiger partial charge on any atom is -0.507 e. The summed E-state index contributed by atoms with van der Waals surface area (Å²) in [4.78, 5) is 24.9. The first-order valence-electron chi connectivity index (χ1n) is 12.9. The van der Waals surface area contributed by atoms with Crippen molar-refractivity contribution in [2.75, 3.05) is 7.11 Å². The molecule has 2 N–H and O–H groups in total. The first-order chi connectivity index (χ1) is 18.3. The summed E-state index contributed by atoms with van der Waals surface area (Å²) in [5.41, 5.74) is 5.93. The number of hydrogen-bond acceptors (Lipinski definition) is 6. The number of phenolic OH excluding ortho intramolecular Hbond substituents is 1. The van der Waals surface area contributed by atoms with Crippen molar-refractivity contribution in [1.29, 1.82) is 0 Å². The predicted molar refractivity (Wildman–Crippen MR) is 154 cm³/mol. The number of rotatable bonds is 8. The van der Waals surface area contributed by atoms with Crippen LogP contribution < -0.4 is 14.9 Å². The summed E-state index contributed by atoms with van der Waals surface area (Å²) in [5.74, 6) is 0.260. The van der Waals surface area contributed by atoms with Crippen LogP contribution in [0.1, 0.15) is 80.6 Å². The van der Waals surface area contributed by atoms with E-state index in [4.69, 9.17) is 9.47 Å². The Bertz CT molecular complexity index is 1310. The van der Waals surface area contributed by atoms with E-state index >= 15 is 0 Å². The Labute approximate surface area is 230 Å². The fourth-order valence-electron chi connectivity index (χ4n) is 4.06. The molecule has 0 saturated heterocycles. The van der Waals surface area contributed by atoms with Crippen LogP contribution in [0.5, 0.6) is 17.2 Å². The second-order valence-electron chi connectivity index (χ2n) is 11.5. The van der Waals surface area contributed by atoms with Gasteiger partial charge in [0.2, 0.25) is 5.91 Å². The third kappa shape index (κ3) is 7.93. The van der Waals surface area contributed by atoms with Gasteiger partial charge in [0.1, 0.15) is 5.75 Å². The molecule has 1 amide bonds. The molecule has 0 aliphatic rings. The van der Waals surface area contributed by atoms with E-state index in [1.54, 1.807) is 42.5 Å². The summed E-state index contributed by atoms with van der Waals surface area (Å²) in [5, 5.41) is 15.0. The van der Waals surface area contributed by atoms with Crippen molar-refractivity contribution in [2.45, 2.75) is 65.2 Å². The van der Waals surface area contributed by atoms with E-state index in [0.29, 0.717) is 29.0 Å². The van der Waals surface area contributed by atoms with Gasteiger partial charge in [-0.1, -0.05) is 71.9 Å². The number of esters is 1. The number of methoxy groups -OCH3 is 1. The van der Waals surface area contributed by atoms with Crippen molar-refractivity contribution in [3.05, 3.63) is 88.5 Å². The maximum Gasteiger partial charge on any atom is 0.343 e. The number of amides is 1. The SMILES string of the molecule is COc1cc(/C=N\NC(=O)CCc2cc(C(C)(C)C)c(O)c(C(C)(C)C)c2)ccc1OC(=O)c1ccccc1. The zero-order valence-electron chi connectivity index (χ0n) is 23.8. The molecule has 0 aliphatic carbocycles. The van der Waals surface area contributed by atoms with Crippen molar-refractivity contribution >= 4 is 18.1 Å². The largest absolute Gasteiger partial charge is 0.507 e. The lowest BCUT2D eigenvalue weighted by atomic mass is 9.78. The maximum atomic E-state index is 12.5. The number of carbonyl (C=O) groups is 2. The van der Waals surface area contributed by atoms with Gasteiger partial charge in [0, 0.05) is 6.42 Å². The number of benzene rings is 3. The third-order valence-corrected chi connectivity index (χ3v) is 6.23. The fraction of sp³-hybridized carbons (Fsp3) is 0.344. The van der Waals surface area contributed by atoms with Gasteiger partial charge in [-0.05, 0) is 69.8 Å². The van der Waals surface area contributed by atoms with E-state index in [2.05, 4.69) is 52.1 Å². The summed E-state index contributed by atoms with van der Waals surface area (Å²) < 4.78 is 10.8. The Morgan fingerprint density at radius 3 is 2.08 bits per heavy atom. The van der Waals surface area contributed by atoms with Gasteiger partial charge in [0.15, 0.2) is 11.5 Å². The van der Waals surface area contributed by atoms with E-state index < -0.39 is 5.97 Å². The smallest absolute Gasteiger partial charge is 0.343 e. The van der Waals surface area contributed by atoms with Crippen LogP contribution in [-0.2, 0) is 22.0 Å². The zero-order chi connectivity index (χ0) is 28.8. The number of nitrogens with one attached hydrogen (secondary N) is 1. The Hall–Kier alpha value is -4.13. The molecule has 0 atom stereocenters. The molecule has 0 unspecified atom stereocenters. The summed E-state index contributed by atoms with van der Waals surface area (Å²) >= 11 is 0. The average Bonchev–Trinajstić information content (AvgIpc) is 2.87. The van der Waals surface area contributed by atoms with Gasteiger partial charge < -0.3 is 14.6 Å². The number of phenols is 1. The maximum absolute atomic E-state index is 12.5.